The summed E-state index contributed by atoms with van der Waals surface area (Å²) in [6.45, 7) is 1.60. The van der Waals surface area contributed by atoms with Gasteiger partial charge in [0.2, 0.25) is 5.91 Å². The van der Waals surface area contributed by atoms with Gasteiger partial charge in [0.25, 0.3) is 0 Å². The minimum absolute atomic E-state index is 0.0727. The number of amides is 1. The number of carbonyl (C=O) groups excluding carboxylic acids is 1. The molecule has 0 atom stereocenters. The first-order valence-electron chi connectivity index (χ1n) is 9.08. The van der Waals surface area contributed by atoms with Gasteiger partial charge in [0.15, 0.2) is 0 Å². The molecule has 0 bridgehead atoms. The Hall–Kier alpha value is -3.24. The predicted octanol–water partition coefficient (Wildman–Crippen LogP) is 3.61. The molecule has 7 heteroatoms. The van der Waals surface area contributed by atoms with E-state index in [9.17, 15) is 9.90 Å². The van der Waals surface area contributed by atoms with Gasteiger partial charge in [-0.2, -0.15) is 5.26 Å². The standard InChI is InChI=1S/C21H18N4O2S/c22-12-14-10-17(26)19(23-13-14)21-24-16(11-18(27)25-8-4-5-9-25)20(28-21)15-6-2-1-3-7-15/h1-3,6-7,10,13,26H,4-5,8-9,11H2. The van der Waals surface area contributed by atoms with Crippen molar-refractivity contribution in [1.82, 2.24) is 14.9 Å². The van der Waals surface area contributed by atoms with Crippen molar-refractivity contribution in [2.45, 2.75) is 19.3 Å². The smallest absolute Gasteiger partial charge is 0.228 e. The van der Waals surface area contributed by atoms with Gasteiger partial charge in [-0.05, 0) is 18.4 Å². The summed E-state index contributed by atoms with van der Waals surface area (Å²) in [6.07, 6.45) is 3.72. The minimum atomic E-state index is -0.0927. The topological polar surface area (TPSA) is 90.1 Å². The van der Waals surface area contributed by atoms with Crippen molar-refractivity contribution in [3.8, 4) is 33.0 Å². The number of hydrogen-bond acceptors (Lipinski definition) is 6. The number of carbonyl (C=O) groups is 1. The molecule has 1 fully saturated rings. The number of nitrogens with zero attached hydrogens (tertiary/aromatic N) is 4. The highest BCUT2D eigenvalue weighted by atomic mass is 32.1. The van der Waals surface area contributed by atoms with Gasteiger partial charge in [0.05, 0.1) is 22.6 Å². The molecule has 0 spiro atoms. The van der Waals surface area contributed by atoms with E-state index in [0.717, 1.165) is 36.4 Å². The van der Waals surface area contributed by atoms with Crippen LogP contribution in [-0.4, -0.2) is 39.0 Å². The summed E-state index contributed by atoms with van der Waals surface area (Å²) in [6, 6.07) is 13.1. The first-order chi connectivity index (χ1) is 13.7. The first-order valence-corrected chi connectivity index (χ1v) is 9.89. The Morgan fingerprint density at radius 3 is 2.68 bits per heavy atom. The molecule has 0 saturated carbocycles. The lowest BCUT2D eigenvalue weighted by molar-refractivity contribution is -0.129. The van der Waals surface area contributed by atoms with Crippen LogP contribution in [0, 0.1) is 11.3 Å². The maximum Gasteiger partial charge on any atom is 0.228 e. The summed E-state index contributed by atoms with van der Waals surface area (Å²) in [5, 5.41) is 19.8. The highest BCUT2D eigenvalue weighted by molar-refractivity contribution is 7.18. The van der Waals surface area contributed by atoms with Gasteiger partial charge in [-0.25, -0.2) is 9.97 Å². The van der Waals surface area contributed by atoms with Gasteiger partial charge in [-0.3, -0.25) is 4.79 Å². The van der Waals surface area contributed by atoms with Crippen molar-refractivity contribution in [3.63, 3.8) is 0 Å². The lowest BCUT2D eigenvalue weighted by atomic mass is 10.1. The number of aromatic nitrogens is 2. The molecule has 140 valence electrons. The average Bonchev–Trinajstić information content (AvgIpc) is 3.39. The number of likely N-dealkylation sites (tertiary alicyclic amines) is 1. The molecule has 1 aromatic carbocycles. The Morgan fingerprint density at radius 2 is 2.00 bits per heavy atom. The number of benzene rings is 1. The van der Waals surface area contributed by atoms with E-state index in [1.807, 2.05) is 41.3 Å². The fourth-order valence-electron chi connectivity index (χ4n) is 3.29. The number of aromatic hydroxyl groups is 1. The van der Waals surface area contributed by atoms with Crippen LogP contribution in [0.2, 0.25) is 0 Å². The molecule has 0 unspecified atom stereocenters. The lowest BCUT2D eigenvalue weighted by Gasteiger charge is -2.14. The van der Waals surface area contributed by atoms with Crippen LogP contribution in [0.1, 0.15) is 24.1 Å². The molecule has 3 heterocycles. The molecular weight excluding hydrogens is 372 g/mol. The molecule has 3 aromatic rings. The van der Waals surface area contributed by atoms with Crippen LogP contribution in [0.15, 0.2) is 42.6 Å². The Balaban J connectivity index is 1.74. The van der Waals surface area contributed by atoms with Crippen LogP contribution in [0.3, 0.4) is 0 Å². The third kappa shape index (κ3) is 3.59. The third-order valence-corrected chi connectivity index (χ3v) is 5.86. The van der Waals surface area contributed by atoms with Crippen LogP contribution >= 0.6 is 11.3 Å². The fraction of sp³-hybridized carbons (Fsp3) is 0.238. The van der Waals surface area contributed by atoms with Crippen molar-refractivity contribution in [2.24, 2.45) is 0 Å². The van der Waals surface area contributed by atoms with E-state index in [1.165, 1.54) is 23.6 Å². The van der Waals surface area contributed by atoms with E-state index in [0.29, 0.717) is 16.4 Å². The molecular formula is C21H18N4O2S. The van der Waals surface area contributed by atoms with Crippen molar-refractivity contribution < 1.29 is 9.90 Å². The van der Waals surface area contributed by atoms with Crippen LogP contribution in [-0.2, 0) is 11.2 Å². The third-order valence-electron chi connectivity index (χ3n) is 4.71. The van der Waals surface area contributed by atoms with Gasteiger partial charge < -0.3 is 10.0 Å². The summed E-state index contributed by atoms with van der Waals surface area (Å²) in [5.41, 5.74) is 2.27. The second-order valence-corrected chi connectivity index (χ2v) is 7.63. The maximum atomic E-state index is 12.7. The van der Waals surface area contributed by atoms with Gasteiger partial charge in [0.1, 0.15) is 22.5 Å². The average molecular weight is 390 g/mol. The quantitative estimate of drug-likeness (QED) is 0.735. The Labute approximate surface area is 166 Å². The van der Waals surface area contributed by atoms with E-state index in [-0.39, 0.29) is 23.6 Å². The normalized spacial score (nSPS) is 13.5. The Morgan fingerprint density at radius 1 is 1.25 bits per heavy atom. The molecule has 28 heavy (non-hydrogen) atoms. The van der Waals surface area contributed by atoms with Gasteiger partial charge in [0, 0.05) is 25.4 Å². The van der Waals surface area contributed by atoms with Crippen LogP contribution in [0.5, 0.6) is 5.75 Å². The van der Waals surface area contributed by atoms with Crippen molar-refractivity contribution in [2.75, 3.05) is 13.1 Å². The molecule has 0 aliphatic carbocycles. The van der Waals surface area contributed by atoms with E-state index in [1.54, 1.807) is 0 Å². The van der Waals surface area contributed by atoms with Gasteiger partial charge in [-0.15, -0.1) is 11.3 Å². The molecule has 1 aliphatic heterocycles. The number of pyridine rings is 1. The molecule has 1 N–H and O–H groups in total. The van der Waals surface area contributed by atoms with Crippen LogP contribution in [0.4, 0.5) is 0 Å². The zero-order chi connectivity index (χ0) is 19.5. The van der Waals surface area contributed by atoms with Crippen molar-refractivity contribution >= 4 is 17.2 Å². The minimum Gasteiger partial charge on any atom is -0.506 e. The highest BCUT2D eigenvalue weighted by Crippen LogP contribution is 2.38. The first kappa shape index (κ1) is 18.1. The largest absolute Gasteiger partial charge is 0.506 e. The second kappa shape index (κ2) is 7.79. The summed E-state index contributed by atoms with van der Waals surface area (Å²) in [7, 11) is 0. The van der Waals surface area contributed by atoms with Crippen LogP contribution in [0.25, 0.3) is 21.1 Å². The van der Waals surface area contributed by atoms with Crippen LogP contribution < -0.4 is 0 Å². The van der Waals surface area contributed by atoms with Crippen molar-refractivity contribution in [3.05, 3.63) is 53.9 Å². The fourth-order valence-corrected chi connectivity index (χ4v) is 4.38. The molecule has 2 aromatic heterocycles. The molecule has 4 rings (SSSR count). The Bertz CT molecular complexity index is 1050. The molecule has 6 nitrogen and oxygen atoms in total. The van der Waals surface area contributed by atoms with Gasteiger partial charge >= 0.3 is 0 Å². The number of nitriles is 1. The molecule has 1 aliphatic rings. The molecule has 0 radical (unpaired) electrons. The lowest BCUT2D eigenvalue weighted by Crippen LogP contribution is -2.29. The monoisotopic (exact) mass is 390 g/mol. The van der Waals surface area contributed by atoms with E-state index >= 15 is 0 Å². The highest BCUT2D eigenvalue weighted by Gasteiger charge is 2.23. The zero-order valence-electron chi connectivity index (χ0n) is 15.1. The zero-order valence-corrected chi connectivity index (χ0v) is 15.9. The summed E-state index contributed by atoms with van der Waals surface area (Å²) >= 11 is 1.39. The summed E-state index contributed by atoms with van der Waals surface area (Å²) < 4.78 is 0. The predicted molar refractivity (Wildman–Crippen MR) is 107 cm³/mol. The maximum absolute atomic E-state index is 12.7. The number of rotatable bonds is 4. The molecule has 1 amide bonds. The van der Waals surface area contributed by atoms with Gasteiger partial charge in [-0.1, -0.05) is 30.3 Å². The number of hydrogen-bond donors (Lipinski definition) is 1. The van der Waals surface area contributed by atoms with E-state index in [2.05, 4.69) is 9.97 Å². The second-order valence-electron chi connectivity index (χ2n) is 6.63. The van der Waals surface area contributed by atoms with Crippen molar-refractivity contribution in [1.29, 1.82) is 5.26 Å². The molecule has 1 saturated heterocycles. The summed E-state index contributed by atoms with van der Waals surface area (Å²) in [5.74, 6) is -0.0200. The SMILES string of the molecule is N#Cc1cnc(-c2nc(CC(=O)N3CCCC3)c(-c3ccccc3)s2)c(O)c1. The summed E-state index contributed by atoms with van der Waals surface area (Å²) in [4.78, 5) is 24.3. The number of thiazole rings is 1. The van der Waals surface area contributed by atoms with E-state index < -0.39 is 0 Å². The van der Waals surface area contributed by atoms with E-state index in [4.69, 9.17) is 5.26 Å². The Kier molecular flexibility index (Phi) is 5.04.